The van der Waals surface area contributed by atoms with E-state index in [4.69, 9.17) is 34.4 Å². The number of carboxylic acid groups (broad SMARTS) is 3. The lowest BCUT2D eigenvalue weighted by Gasteiger charge is -2.41. The molecular weight excluding hydrogens is 641 g/mol. The first-order chi connectivity index (χ1) is 20.5. The van der Waals surface area contributed by atoms with Crippen LogP contribution in [0.15, 0.2) is 12.4 Å². The van der Waals surface area contributed by atoms with Gasteiger partial charge in [-0.25, -0.2) is 14.4 Å². The molecule has 0 amide bonds. The molecule has 0 aromatic carbocycles. The standard InChI is InChI=1S/C18H31N5O.3C2HF3O2/c1-20-6-8-22(9-7-20)17-3-5-23(16-4-10-24-14-16)18(17)11-15-12-19-21(2)13-15;3*3-2(4,5)1(6)7/h12-13,16-18H,3-11,14H2,1-2H3;3*(H,6,7)/t16?,17-,18+;;;/m1.../s1. The number of ether oxygens (including phenoxy) is 1. The molecule has 0 radical (unpaired) electrons. The van der Waals surface area contributed by atoms with Crippen molar-refractivity contribution in [1.29, 1.82) is 0 Å². The first-order valence-corrected chi connectivity index (χ1v) is 13.2. The van der Waals surface area contributed by atoms with Crippen molar-refractivity contribution in [3.8, 4) is 0 Å². The highest BCUT2D eigenvalue weighted by molar-refractivity contribution is 5.73. The van der Waals surface area contributed by atoms with E-state index in [9.17, 15) is 39.5 Å². The van der Waals surface area contributed by atoms with Crippen LogP contribution in [0.5, 0.6) is 0 Å². The number of likely N-dealkylation sites (tertiary alicyclic amines) is 1. The van der Waals surface area contributed by atoms with Crippen LogP contribution in [0.2, 0.25) is 0 Å². The fourth-order valence-electron chi connectivity index (χ4n) is 4.75. The second kappa shape index (κ2) is 16.9. The quantitative estimate of drug-likeness (QED) is 0.404. The van der Waals surface area contributed by atoms with Crippen LogP contribution < -0.4 is 0 Å². The molecule has 1 aromatic rings. The van der Waals surface area contributed by atoms with Gasteiger partial charge in [-0.2, -0.15) is 44.6 Å². The van der Waals surface area contributed by atoms with Gasteiger partial charge in [0.2, 0.25) is 0 Å². The Kier molecular flexibility index (Phi) is 15.0. The Morgan fingerprint density at radius 2 is 1.29 bits per heavy atom. The van der Waals surface area contributed by atoms with Crippen LogP contribution in [0.3, 0.4) is 0 Å². The Balaban J connectivity index is 0.000000396. The minimum atomic E-state index is -5.08. The molecule has 0 spiro atoms. The van der Waals surface area contributed by atoms with E-state index in [0.29, 0.717) is 18.1 Å². The summed E-state index contributed by atoms with van der Waals surface area (Å²) in [7, 11) is 4.25. The van der Waals surface area contributed by atoms with Crippen LogP contribution in [-0.4, -0.2) is 147 Å². The summed E-state index contributed by atoms with van der Waals surface area (Å²) in [6, 6.07) is 1.90. The lowest BCUT2D eigenvalue weighted by Crippen LogP contribution is -2.54. The predicted molar refractivity (Wildman–Crippen MR) is 135 cm³/mol. The van der Waals surface area contributed by atoms with Crippen LogP contribution in [0.4, 0.5) is 39.5 Å². The van der Waals surface area contributed by atoms with Gasteiger partial charge in [-0.3, -0.25) is 14.5 Å². The van der Waals surface area contributed by atoms with Crippen molar-refractivity contribution >= 4 is 17.9 Å². The molecule has 21 heteroatoms. The van der Waals surface area contributed by atoms with Crippen molar-refractivity contribution in [1.82, 2.24) is 24.5 Å². The van der Waals surface area contributed by atoms with Crippen molar-refractivity contribution in [2.45, 2.75) is 55.9 Å². The number of alkyl halides is 9. The topological polar surface area (TPSA) is 149 Å². The molecule has 3 atom stereocenters. The molecule has 1 unspecified atom stereocenters. The molecule has 3 N–H and O–H groups in total. The Labute approximate surface area is 250 Å². The second-order valence-electron chi connectivity index (χ2n) is 10.2. The van der Waals surface area contributed by atoms with E-state index in [0.717, 1.165) is 19.6 Å². The van der Waals surface area contributed by atoms with Crippen molar-refractivity contribution < 1.29 is 74.0 Å². The van der Waals surface area contributed by atoms with Crippen LogP contribution in [-0.2, 0) is 32.6 Å². The molecule has 3 aliphatic heterocycles. The number of aliphatic carboxylic acids is 3. The van der Waals surface area contributed by atoms with Crippen molar-refractivity contribution in [2.24, 2.45) is 7.05 Å². The van der Waals surface area contributed by atoms with Crippen LogP contribution in [0, 0.1) is 0 Å². The average Bonchev–Trinajstić information content (AvgIpc) is 3.66. The highest BCUT2D eigenvalue weighted by Crippen LogP contribution is 2.31. The fraction of sp³-hybridized carbons (Fsp3) is 0.750. The van der Waals surface area contributed by atoms with E-state index >= 15 is 0 Å². The number of nitrogens with zero attached hydrogens (tertiary/aromatic N) is 5. The molecule has 0 aliphatic carbocycles. The number of hydrogen-bond acceptors (Lipinski definition) is 8. The second-order valence-corrected chi connectivity index (χ2v) is 10.2. The zero-order valence-electron chi connectivity index (χ0n) is 24.1. The average molecular weight is 676 g/mol. The maximum absolute atomic E-state index is 10.6. The van der Waals surface area contributed by atoms with Crippen molar-refractivity contribution in [3.05, 3.63) is 18.0 Å². The molecule has 1 aromatic heterocycles. The SMILES string of the molecule is CN1CCN([C@@H]2CCN(C3CCOC3)[C@H]2Cc2cnn(C)c2)CC1.O=C(O)C(F)(F)F.O=C(O)C(F)(F)F.O=C(O)C(F)(F)F. The molecule has 12 nitrogen and oxygen atoms in total. The highest BCUT2D eigenvalue weighted by Gasteiger charge is 2.42. The summed E-state index contributed by atoms with van der Waals surface area (Å²) in [6.45, 7) is 7.87. The van der Waals surface area contributed by atoms with E-state index < -0.39 is 36.4 Å². The summed E-state index contributed by atoms with van der Waals surface area (Å²) in [5.41, 5.74) is 1.37. The van der Waals surface area contributed by atoms with Gasteiger partial charge in [-0.05, 0) is 31.9 Å². The molecular formula is C24H34F9N5O7. The summed E-state index contributed by atoms with van der Waals surface area (Å²) in [4.78, 5) is 34.6. The van der Waals surface area contributed by atoms with E-state index in [-0.39, 0.29) is 0 Å². The molecule has 45 heavy (non-hydrogen) atoms. The highest BCUT2D eigenvalue weighted by atomic mass is 19.4. The van der Waals surface area contributed by atoms with Crippen molar-refractivity contribution in [3.63, 3.8) is 0 Å². The molecule has 0 saturated carbocycles. The number of likely N-dealkylation sites (N-methyl/N-ethyl adjacent to an activating group) is 1. The summed E-state index contributed by atoms with van der Waals surface area (Å²) in [5.74, 6) is -8.27. The molecule has 0 bridgehead atoms. The van der Waals surface area contributed by atoms with E-state index in [1.807, 2.05) is 17.9 Å². The van der Waals surface area contributed by atoms with Gasteiger partial charge < -0.3 is 25.0 Å². The van der Waals surface area contributed by atoms with Gasteiger partial charge in [0.1, 0.15) is 0 Å². The molecule has 260 valence electrons. The monoisotopic (exact) mass is 675 g/mol. The lowest BCUT2D eigenvalue weighted by molar-refractivity contribution is -0.193. The Bertz CT molecular complexity index is 1030. The third-order valence-corrected chi connectivity index (χ3v) is 6.87. The number of aryl methyl sites for hydroxylation is 1. The third-order valence-electron chi connectivity index (χ3n) is 6.87. The summed E-state index contributed by atoms with van der Waals surface area (Å²) >= 11 is 0. The van der Waals surface area contributed by atoms with Gasteiger partial charge in [0.25, 0.3) is 0 Å². The maximum atomic E-state index is 10.6. The summed E-state index contributed by atoms with van der Waals surface area (Å²) in [5, 5.41) is 25.8. The molecule has 3 aliphatic rings. The maximum Gasteiger partial charge on any atom is 0.490 e. The Morgan fingerprint density at radius 3 is 1.64 bits per heavy atom. The first-order valence-electron chi connectivity index (χ1n) is 13.2. The van der Waals surface area contributed by atoms with Gasteiger partial charge in [0.05, 0.1) is 12.8 Å². The number of piperazine rings is 1. The zero-order chi connectivity index (χ0) is 34.8. The summed E-state index contributed by atoms with van der Waals surface area (Å²) in [6.07, 6.45) is -7.42. The van der Waals surface area contributed by atoms with E-state index in [1.54, 1.807) is 0 Å². The normalized spacial score (nSPS) is 23.1. The number of hydrogen-bond donors (Lipinski definition) is 3. The third kappa shape index (κ3) is 14.2. The van der Waals surface area contributed by atoms with Crippen molar-refractivity contribution in [2.75, 3.05) is 53.0 Å². The number of aromatic nitrogens is 2. The number of rotatable bonds is 4. The minimum Gasteiger partial charge on any atom is -0.475 e. The predicted octanol–water partition coefficient (Wildman–Crippen LogP) is 2.34. The molecule has 3 fully saturated rings. The molecule has 4 rings (SSSR count). The van der Waals surface area contributed by atoms with E-state index in [2.05, 4.69) is 33.0 Å². The summed E-state index contributed by atoms with van der Waals surface area (Å²) < 4.78 is 103. The smallest absolute Gasteiger partial charge is 0.475 e. The van der Waals surface area contributed by atoms with Crippen LogP contribution in [0.25, 0.3) is 0 Å². The number of carbonyl (C=O) groups is 3. The van der Waals surface area contributed by atoms with Gasteiger partial charge in [0.15, 0.2) is 0 Å². The van der Waals surface area contributed by atoms with Crippen LogP contribution in [0.1, 0.15) is 18.4 Å². The minimum absolute atomic E-state index is 0.601. The van der Waals surface area contributed by atoms with E-state index in [1.165, 1.54) is 51.1 Å². The molecule has 3 saturated heterocycles. The number of halogens is 9. The molecule has 4 heterocycles. The lowest BCUT2D eigenvalue weighted by atomic mass is 9.99. The van der Waals surface area contributed by atoms with Gasteiger partial charge >= 0.3 is 36.4 Å². The Hall–Kier alpha value is -3.17. The van der Waals surface area contributed by atoms with Gasteiger partial charge in [-0.15, -0.1) is 0 Å². The Morgan fingerprint density at radius 1 is 0.822 bits per heavy atom. The van der Waals surface area contributed by atoms with Gasteiger partial charge in [-0.1, -0.05) is 0 Å². The largest absolute Gasteiger partial charge is 0.490 e. The fourth-order valence-corrected chi connectivity index (χ4v) is 4.75. The van der Waals surface area contributed by atoms with Gasteiger partial charge in [0, 0.05) is 70.7 Å². The zero-order valence-corrected chi connectivity index (χ0v) is 24.1. The number of carboxylic acids is 3. The first kappa shape index (κ1) is 39.9. The van der Waals surface area contributed by atoms with Crippen LogP contribution >= 0.6 is 0 Å².